The van der Waals surface area contributed by atoms with E-state index in [-0.39, 0.29) is 30.7 Å². The van der Waals surface area contributed by atoms with Gasteiger partial charge in [0.1, 0.15) is 6.04 Å². The normalized spacial score (nSPS) is 21.3. The molecule has 0 bridgehead atoms. The monoisotopic (exact) mass is 360 g/mol. The summed E-state index contributed by atoms with van der Waals surface area (Å²) >= 11 is 0. The van der Waals surface area contributed by atoms with Crippen molar-refractivity contribution in [1.82, 2.24) is 10.2 Å². The van der Waals surface area contributed by atoms with Crippen LogP contribution >= 0.6 is 0 Å². The van der Waals surface area contributed by atoms with Crippen molar-refractivity contribution >= 4 is 17.8 Å². The van der Waals surface area contributed by atoms with E-state index >= 15 is 0 Å². The summed E-state index contributed by atoms with van der Waals surface area (Å²) < 4.78 is 0. The number of aliphatic carboxylic acids is 1. The molecule has 0 radical (unpaired) electrons. The molecule has 6 nitrogen and oxygen atoms in total. The first-order valence-corrected chi connectivity index (χ1v) is 9.08. The molecule has 6 heteroatoms. The zero-order chi connectivity index (χ0) is 19.3. The van der Waals surface area contributed by atoms with Crippen molar-refractivity contribution in [3.63, 3.8) is 0 Å². The largest absolute Gasteiger partial charge is 0.481 e. The minimum Gasteiger partial charge on any atom is -0.481 e. The van der Waals surface area contributed by atoms with Crippen LogP contribution in [-0.2, 0) is 20.8 Å². The molecule has 0 spiro atoms. The minimum absolute atomic E-state index is 0.0831. The molecule has 0 saturated carbocycles. The van der Waals surface area contributed by atoms with Gasteiger partial charge in [0.2, 0.25) is 11.8 Å². The molecule has 1 aliphatic rings. The number of nitrogens with one attached hydrogen (secondary N) is 1. The summed E-state index contributed by atoms with van der Waals surface area (Å²) in [5.74, 6) is -1.38. The number of piperidine rings is 1. The number of rotatable bonds is 6. The molecule has 2 amide bonds. The summed E-state index contributed by atoms with van der Waals surface area (Å²) in [4.78, 5) is 38.4. The predicted octanol–water partition coefficient (Wildman–Crippen LogP) is 2.08. The lowest BCUT2D eigenvalue weighted by molar-refractivity contribution is -0.154. The van der Waals surface area contributed by atoms with Crippen molar-refractivity contribution in [1.29, 1.82) is 0 Å². The van der Waals surface area contributed by atoms with Crippen LogP contribution < -0.4 is 5.32 Å². The second-order valence-corrected chi connectivity index (χ2v) is 7.68. The van der Waals surface area contributed by atoms with Crippen molar-refractivity contribution in [3.8, 4) is 0 Å². The lowest BCUT2D eigenvalue weighted by Crippen LogP contribution is -2.56. The Balaban J connectivity index is 2.05. The van der Waals surface area contributed by atoms with Crippen LogP contribution in [-0.4, -0.2) is 46.9 Å². The van der Waals surface area contributed by atoms with Gasteiger partial charge in [0, 0.05) is 13.1 Å². The lowest BCUT2D eigenvalue weighted by atomic mass is 9.81. The standard InChI is InChI=1S/C20H28N2O4/c1-14(2)17(21-16(23)12-15-8-5-4-6-9-15)18(24)22-11-7-10-20(3,13-22)19(25)26/h4-6,8-9,14,17H,7,10-13H2,1-3H3,(H,21,23)(H,25,26). The summed E-state index contributed by atoms with van der Waals surface area (Å²) in [6, 6.07) is 8.71. The third-order valence-corrected chi connectivity index (χ3v) is 4.98. The van der Waals surface area contributed by atoms with Gasteiger partial charge in [-0.15, -0.1) is 0 Å². The number of amides is 2. The van der Waals surface area contributed by atoms with Gasteiger partial charge in [0.15, 0.2) is 0 Å². The molecular formula is C20H28N2O4. The lowest BCUT2D eigenvalue weighted by Gasteiger charge is -2.39. The Kier molecular flexibility index (Phi) is 6.40. The molecule has 1 heterocycles. The Bertz CT molecular complexity index is 659. The molecule has 1 fully saturated rings. The third-order valence-electron chi connectivity index (χ3n) is 4.98. The van der Waals surface area contributed by atoms with E-state index in [0.29, 0.717) is 19.4 Å². The van der Waals surface area contributed by atoms with Gasteiger partial charge < -0.3 is 15.3 Å². The highest BCUT2D eigenvalue weighted by Gasteiger charge is 2.41. The number of hydrogen-bond donors (Lipinski definition) is 2. The maximum absolute atomic E-state index is 13.0. The highest BCUT2D eigenvalue weighted by molar-refractivity contribution is 5.89. The molecule has 1 saturated heterocycles. The van der Waals surface area contributed by atoms with Gasteiger partial charge in [-0.3, -0.25) is 14.4 Å². The first-order chi connectivity index (χ1) is 12.2. The number of likely N-dealkylation sites (tertiary alicyclic amines) is 1. The van der Waals surface area contributed by atoms with Gasteiger partial charge >= 0.3 is 5.97 Å². The van der Waals surface area contributed by atoms with E-state index in [1.54, 1.807) is 11.8 Å². The Morgan fingerprint density at radius 3 is 2.46 bits per heavy atom. The number of carbonyl (C=O) groups excluding carboxylic acids is 2. The van der Waals surface area contributed by atoms with Crippen LogP contribution in [0.15, 0.2) is 30.3 Å². The van der Waals surface area contributed by atoms with Gasteiger partial charge in [-0.05, 0) is 31.2 Å². The van der Waals surface area contributed by atoms with Crippen molar-refractivity contribution in [2.24, 2.45) is 11.3 Å². The molecule has 142 valence electrons. The topological polar surface area (TPSA) is 86.7 Å². The summed E-state index contributed by atoms with van der Waals surface area (Å²) in [7, 11) is 0. The van der Waals surface area contributed by atoms with Crippen LogP contribution in [0, 0.1) is 11.3 Å². The number of benzene rings is 1. The average Bonchev–Trinajstić information content (AvgIpc) is 2.59. The quantitative estimate of drug-likeness (QED) is 0.813. The van der Waals surface area contributed by atoms with Crippen LogP contribution in [0.2, 0.25) is 0 Å². The van der Waals surface area contributed by atoms with Crippen LogP contribution in [0.1, 0.15) is 39.2 Å². The Morgan fingerprint density at radius 1 is 1.23 bits per heavy atom. The maximum atomic E-state index is 13.0. The molecule has 1 aliphatic heterocycles. The van der Waals surface area contributed by atoms with E-state index < -0.39 is 17.4 Å². The van der Waals surface area contributed by atoms with Crippen LogP contribution in [0.25, 0.3) is 0 Å². The van der Waals surface area contributed by atoms with Gasteiger partial charge in [-0.2, -0.15) is 0 Å². The number of carboxylic acid groups (broad SMARTS) is 1. The molecule has 1 aromatic rings. The fraction of sp³-hybridized carbons (Fsp3) is 0.550. The average molecular weight is 360 g/mol. The Hall–Kier alpha value is -2.37. The van der Waals surface area contributed by atoms with Crippen molar-refractivity contribution < 1.29 is 19.5 Å². The van der Waals surface area contributed by atoms with Crippen molar-refractivity contribution in [2.75, 3.05) is 13.1 Å². The summed E-state index contributed by atoms with van der Waals surface area (Å²) in [5.41, 5.74) is -0.0416. The van der Waals surface area contributed by atoms with E-state index in [2.05, 4.69) is 5.32 Å². The fourth-order valence-electron chi connectivity index (χ4n) is 3.32. The fourth-order valence-corrected chi connectivity index (χ4v) is 3.32. The molecule has 0 aliphatic carbocycles. The maximum Gasteiger partial charge on any atom is 0.311 e. The van der Waals surface area contributed by atoms with Gasteiger partial charge in [-0.25, -0.2) is 0 Å². The van der Waals surface area contributed by atoms with E-state index in [1.807, 2.05) is 44.2 Å². The highest BCUT2D eigenvalue weighted by Crippen LogP contribution is 2.30. The predicted molar refractivity (Wildman–Crippen MR) is 98.5 cm³/mol. The third kappa shape index (κ3) is 4.84. The molecule has 2 atom stereocenters. The van der Waals surface area contributed by atoms with Gasteiger partial charge in [-0.1, -0.05) is 44.2 Å². The number of nitrogens with zero attached hydrogens (tertiary/aromatic N) is 1. The molecular weight excluding hydrogens is 332 g/mol. The SMILES string of the molecule is CC(C)C(NC(=O)Cc1ccccc1)C(=O)N1CCCC(C)(C(=O)O)C1. The van der Waals surface area contributed by atoms with E-state index in [1.165, 1.54) is 0 Å². The second kappa shape index (κ2) is 8.34. The number of hydrogen-bond acceptors (Lipinski definition) is 3. The highest BCUT2D eigenvalue weighted by atomic mass is 16.4. The minimum atomic E-state index is -0.927. The first-order valence-electron chi connectivity index (χ1n) is 9.08. The van der Waals surface area contributed by atoms with Crippen LogP contribution in [0.3, 0.4) is 0 Å². The smallest absolute Gasteiger partial charge is 0.311 e. The van der Waals surface area contributed by atoms with E-state index in [0.717, 1.165) is 5.56 Å². The van der Waals surface area contributed by atoms with Crippen molar-refractivity contribution in [3.05, 3.63) is 35.9 Å². The number of carboxylic acids is 1. The summed E-state index contributed by atoms with van der Waals surface area (Å²) in [6.45, 7) is 6.14. The summed E-state index contributed by atoms with van der Waals surface area (Å²) in [6.07, 6.45) is 1.42. The van der Waals surface area contributed by atoms with E-state index in [4.69, 9.17) is 0 Å². The Labute approximate surface area is 154 Å². The zero-order valence-electron chi connectivity index (χ0n) is 15.7. The number of carbonyl (C=O) groups is 3. The molecule has 2 N–H and O–H groups in total. The first kappa shape index (κ1) is 19.9. The van der Waals surface area contributed by atoms with Crippen LogP contribution in [0.4, 0.5) is 0 Å². The molecule has 0 aromatic heterocycles. The second-order valence-electron chi connectivity index (χ2n) is 7.68. The molecule has 26 heavy (non-hydrogen) atoms. The van der Waals surface area contributed by atoms with E-state index in [9.17, 15) is 19.5 Å². The molecule has 2 unspecified atom stereocenters. The summed E-state index contributed by atoms with van der Waals surface area (Å²) in [5, 5.41) is 12.3. The van der Waals surface area contributed by atoms with Gasteiger partial charge in [0.25, 0.3) is 0 Å². The molecule has 2 rings (SSSR count). The Morgan fingerprint density at radius 2 is 1.88 bits per heavy atom. The molecule has 1 aromatic carbocycles. The zero-order valence-corrected chi connectivity index (χ0v) is 15.7. The van der Waals surface area contributed by atoms with Gasteiger partial charge in [0.05, 0.1) is 11.8 Å². The van der Waals surface area contributed by atoms with Crippen molar-refractivity contribution in [2.45, 2.75) is 46.1 Å². The van der Waals surface area contributed by atoms with Crippen LogP contribution in [0.5, 0.6) is 0 Å².